The first-order chi connectivity index (χ1) is 12.7. The summed E-state index contributed by atoms with van der Waals surface area (Å²) in [6.07, 6.45) is 3.73. The van der Waals surface area contributed by atoms with Crippen LogP contribution in [-0.2, 0) is 4.74 Å². The van der Waals surface area contributed by atoms with Crippen molar-refractivity contribution >= 4 is 12.0 Å². The van der Waals surface area contributed by atoms with Gasteiger partial charge in [-0.1, -0.05) is 0 Å². The number of nitrogens with zero attached hydrogens (tertiary/aromatic N) is 3. The second-order valence-corrected chi connectivity index (χ2v) is 8.96. The summed E-state index contributed by atoms with van der Waals surface area (Å²) in [6.45, 7) is 7.17. The van der Waals surface area contributed by atoms with Crippen molar-refractivity contribution in [2.75, 3.05) is 19.6 Å². The molecule has 0 spiro atoms. The van der Waals surface area contributed by atoms with Crippen LogP contribution < -0.4 is 0 Å². The predicted molar refractivity (Wildman–Crippen MR) is 96.9 cm³/mol. The van der Waals surface area contributed by atoms with E-state index in [1.165, 1.54) is 12.3 Å². The van der Waals surface area contributed by atoms with Gasteiger partial charge in [0.25, 0.3) is 5.91 Å². The van der Waals surface area contributed by atoms with E-state index in [2.05, 4.69) is 4.98 Å². The van der Waals surface area contributed by atoms with Crippen LogP contribution in [0.4, 0.5) is 9.18 Å². The maximum atomic E-state index is 13.7. The van der Waals surface area contributed by atoms with Crippen LogP contribution in [0.25, 0.3) is 0 Å². The van der Waals surface area contributed by atoms with Crippen LogP contribution in [0.1, 0.15) is 62.0 Å². The summed E-state index contributed by atoms with van der Waals surface area (Å²) in [6, 6.07) is 1.26. The molecule has 2 atom stereocenters. The van der Waals surface area contributed by atoms with Crippen molar-refractivity contribution in [1.82, 2.24) is 14.8 Å². The molecular weight excluding hydrogens is 349 g/mol. The zero-order valence-corrected chi connectivity index (χ0v) is 16.1. The SMILES string of the molecule is CC(C)(C)OC(=O)N1CC2CC1CN(C(=O)c1cc(F)cnc1C1CC1)C2. The van der Waals surface area contributed by atoms with Crippen LogP contribution >= 0.6 is 0 Å². The van der Waals surface area contributed by atoms with E-state index in [4.69, 9.17) is 4.74 Å². The summed E-state index contributed by atoms with van der Waals surface area (Å²) in [4.78, 5) is 33.3. The second kappa shape index (κ2) is 6.46. The number of aromatic nitrogens is 1. The smallest absolute Gasteiger partial charge is 0.410 e. The molecule has 1 saturated carbocycles. The van der Waals surface area contributed by atoms with Crippen LogP contribution in [0.2, 0.25) is 0 Å². The zero-order valence-electron chi connectivity index (χ0n) is 16.1. The minimum Gasteiger partial charge on any atom is -0.444 e. The number of likely N-dealkylation sites (tertiary alicyclic amines) is 2. The molecule has 3 aliphatic rings. The van der Waals surface area contributed by atoms with E-state index in [0.717, 1.165) is 19.3 Å². The lowest BCUT2D eigenvalue weighted by Crippen LogP contribution is -2.47. The quantitative estimate of drug-likeness (QED) is 0.796. The fourth-order valence-electron chi connectivity index (χ4n) is 4.14. The van der Waals surface area contributed by atoms with E-state index in [-0.39, 0.29) is 29.9 Å². The second-order valence-electron chi connectivity index (χ2n) is 8.96. The molecule has 2 bridgehead atoms. The molecule has 2 amide bonds. The fraction of sp³-hybridized carbons (Fsp3) is 0.650. The molecule has 3 heterocycles. The monoisotopic (exact) mass is 375 g/mol. The van der Waals surface area contributed by atoms with Crippen LogP contribution in [-0.4, -0.2) is 58.1 Å². The Morgan fingerprint density at radius 3 is 2.63 bits per heavy atom. The van der Waals surface area contributed by atoms with Gasteiger partial charge in [-0.15, -0.1) is 0 Å². The number of halogens is 1. The Morgan fingerprint density at radius 1 is 1.22 bits per heavy atom. The highest BCUT2D eigenvalue weighted by atomic mass is 19.1. The Labute approximate surface area is 158 Å². The number of amides is 2. The van der Waals surface area contributed by atoms with Crippen molar-refractivity contribution in [2.45, 2.75) is 57.6 Å². The molecule has 1 aromatic heterocycles. The van der Waals surface area contributed by atoms with Gasteiger partial charge in [-0.25, -0.2) is 9.18 Å². The number of rotatable bonds is 2. The first-order valence-electron chi connectivity index (χ1n) is 9.65. The molecule has 0 N–H and O–H groups in total. The molecule has 2 aliphatic heterocycles. The van der Waals surface area contributed by atoms with Gasteiger partial charge in [-0.05, 0) is 52.0 Å². The molecule has 2 saturated heterocycles. The summed E-state index contributed by atoms with van der Waals surface area (Å²) in [5.41, 5.74) is 0.543. The number of carbonyl (C=O) groups excluding carboxylic acids is 2. The summed E-state index contributed by atoms with van der Waals surface area (Å²) in [5.74, 6) is -0.168. The Hall–Kier alpha value is -2.18. The number of ether oxygens (including phenoxy) is 1. The highest BCUT2D eigenvalue weighted by molar-refractivity contribution is 5.95. The van der Waals surface area contributed by atoms with Gasteiger partial charge in [0.05, 0.1) is 23.5 Å². The molecule has 0 radical (unpaired) electrons. The number of fused-ring (bicyclic) bond motifs is 2. The lowest BCUT2D eigenvalue weighted by molar-refractivity contribution is 0.0207. The molecule has 2 unspecified atom stereocenters. The molecule has 1 aromatic rings. The zero-order chi connectivity index (χ0) is 19.3. The minimum absolute atomic E-state index is 0.0477. The van der Waals surface area contributed by atoms with E-state index < -0.39 is 11.4 Å². The third-order valence-electron chi connectivity index (χ3n) is 5.41. The molecule has 27 heavy (non-hydrogen) atoms. The van der Waals surface area contributed by atoms with E-state index in [1.54, 1.807) is 9.80 Å². The highest BCUT2D eigenvalue weighted by Gasteiger charge is 2.44. The third kappa shape index (κ3) is 3.77. The molecule has 146 valence electrons. The summed E-state index contributed by atoms with van der Waals surface area (Å²) < 4.78 is 19.3. The molecule has 0 aromatic carbocycles. The largest absolute Gasteiger partial charge is 0.444 e. The molecule has 7 heteroatoms. The van der Waals surface area contributed by atoms with Crippen molar-refractivity contribution in [3.63, 3.8) is 0 Å². The maximum absolute atomic E-state index is 13.7. The standard InChI is InChI=1S/C20H26FN3O3/c1-20(2,3)27-19(26)24-10-12-6-15(24)11-23(9-12)18(25)16-7-14(21)8-22-17(16)13-4-5-13/h7-8,12-13,15H,4-6,9-11H2,1-3H3. The third-order valence-corrected chi connectivity index (χ3v) is 5.41. The molecular formula is C20H26FN3O3. The van der Waals surface area contributed by atoms with E-state index in [0.29, 0.717) is 30.9 Å². The van der Waals surface area contributed by atoms with Crippen molar-refractivity contribution in [2.24, 2.45) is 5.92 Å². The van der Waals surface area contributed by atoms with Crippen molar-refractivity contribution < 1.29 is 18.7 Å². The van der Waals surface area contributed by atoms with Crippen LogP contribution in [0, 0.1) is 11.7 Å². The first kappa shape index (κ1) is 18.2. The number of hydrogen-bond donors (Lipinski definition) is 0. The van der Waals surface area contributed by atoms with E-state index in [9.17, 15) is 14.0 Å². The summed E-state index contributed by atoms with van der Waals surface area (Å²) in [7, 11) is 0. The predicted octanol–water partition coefficient (Wildman–Crippen LogP) is 3.18. The van der Waals surface area contributed by atoms with Crippen LogP contribution in [0.3, 0.4) is 0 Å². The van der Waals surface area contributed by atoms with E-state index >= 15 is 0 Å². The van der Waals surface area contributed by atoms with Gasteiger partial charge in [0.2, 0.25) is 0 Å². The number of hydrogen-bond acceptors (Lipinski definition) is 4. The van der Waals surface area contributed by atoms with Gasteiger partial charge >= 0.3 is 6.09 Å². The van der Waals surface area contributed by atoms with Gasteiger partial charge in [-0.3, -0.25) is 9.78 Å². The van der Waals surface area contributed by atoms with Gasteiger partial charge in [-0.2, -0.15) is 0 Å². The Bertz CT molecular complexity index is 772. The Kier molecular flexibility index (Phi) is 4.35. The highest BCUT2D eigenvalue weighted by Crippen LogP contribution is 2.41. The lowest BCUT2D eigenvalue weighted by atomic mass is 9.98. The lowest BCUT2D eigenvalue weighted by Gasteiger charge is -2.33. The van der Waals surface area contributed by atoms with Gasteiger partial charge < -0.3 is 14.5 Å². The number of carbonyl (C=O) groups is 2. The van der Waals surface area contributed by atoms with Crippen LogP contribution in [0.5, 0.6) is 0 Å². The molecule has 3 fully saturated rings. The van der Waals surface area contributed by atoms with Gasteiger partial charge in [0.15, 0.2) is 0 Å². The normalized spacial score (nSPS) is 24.9. The topological polar surface area (TPSA) is 62.7 Å². The van der Waals surface area contributed by atoms with Crippen molar-refractivity contribution in [1.29, 1.82) is 0 Å². The van der Waals surface area contributed by atoms with Crippen molar-refractivity contribution in [3.05, 3.63) is 29.3 Å². The maximum Gasteiger partial charge on any atom is 0.410 e. The summed E-state index contributed by atoms with van der Waals surface area (Å²) in [5, 5.41) is 0. The Morgan fingerprint density at radius 2 is 1.96 bits per heavy atom. The number of piperidine rings is 1. The molecule has 1 aliphatic carbocycles. The van der Waals surface area contributed by atoms with E-state index in [1.807, 2.05) is 20.8 Å². The first-order valence-corrected chi connectivity index (χ1v) is 9.65. The van der Waals surface area contributed by atoms with Crippen LogP contribution in [0.15, 0.2) is 12.3 Å². The Balaban J connectivity index is 1.50. The minimum atomic E-state index is -0.546. The average molecular weight is 375 g/mol. The van der Waals surface area contributed by atoms with Crippen molar-refractivity contribution in [3.8, 4) is 0 Å². The molecule has 6 nitrogen and oxygen atoms in total. The fourth-order valence-corrected chi connectivity index (χ4v) is 4.14. The van der Waals surface area contributed by atoms with Gasteiger partial charge in [0, 0.05) is 25.6 Å². The number of pyridine rings is 1. The van der Waals surface area contributed by atoms with Gasteiger partial charge in [0.1, 0.15) is 11.4 Å². The summed E-state index contributed by atoms with van der Waals surface area (Å²) >= 11 is 0. The molecule has 4 rings (SSSR count). The average Bonchev–Trinajstić information content (AvgIpc) is 3.37.